The summed E-state index contributed by atoms with van der Waals surface area (Å²) in [7, 11) is 0. The van der Waals surface area contributed by atoms with Crippen molar-refractivity contribution in [3.8, 4) is 0 Å². The van der Waals surface area contributed by atoms with E-state index in [4.69, 9.17) is 5.73 Å². The van der Waals surface area contributed by atoms with E-state index >= 15 is 0 Å². The minimum atomic E-state index is -0.618. The van der Waals surface area contributed by atoms with Crippen LogP contribution in [-0.4, -0.2) is 25.9 Å². The average molecular weight is 289 g/mol. The van der Waals surface area contributed by atoms with Gasteiger partial charge >= 0.3 is 0 Å². The standard InChI is InChI=1S/C16H23N3O2/c1-10(20)16-18-14-8-12(17)5-6-15(14)19(16)9-11-3-2-4-13(21)7-11/h5-6,8,10-11,13,20-21H,2-4,7,9,17H2,1H3. The Hall–Kier alpha value is -1.59. The summed E-state index contributed by atoms with van der Waals surface area (Å²) in [5.41, 5.74) is 8.32. The highest BCUT2D eigenvalue weighted by Gasteiger charge is 2.23. The molecule has 3 unspecified atom stereocenters. The second kappa shape index (κ2) is 5.66. The second-order valence-corrected chi connectivity index (χ2v) is 6.19. The molecule has 1 aliphatic carbocycles. The first-order chi connectivity index (χ1) is 10.0. The van der Waals surface area contributed by atoms with Crippen LogP contribution in [0.1, 0.15) is 44.5 Å². The Morgan fingerprint density at radius 1 is 1.43 bits per heavy atom. The number of benzene rings is 1. The fourth-order valence-corrected chi connectivity index (χ4v) is 3.36. The Morgan fingerprint density at radius 2 is 2.24 bits per heavy atom. The molecule has 2 aromatic rings. The molecule has 0 aliphatic heterocycles. The molecule has 1 aliphatic rings. The summed E-state index contributed by atoms with van der Waals surface area (Å²) in [5, 5.41) is 19.8. The van der Waals surface area contributed by atoms with Crippen molar-refractivity contribution in [3.63, 3.8) is 0 Å². The SMILES string of the molecule is CC(O)c1nc2cc(N)ccc2n1CC1CCCC(O)C1. The van der Waals surface area contributed by atoms with Gasteiger partial charge in [-0.2, -0.15) is 0 Å². The van der Waals surface area contributed by atoms with Crippen molar-refractivity contribution in [3.05, 3.63) is 24.0 Å². The summed E-state index contributed by atoms with van der Waals surface area (Å²) in [5.74, 6) is 1.11. The highest BCUT2D eigenvalue weighted by atomic mass is 16.3. The van der Waals surface area contributed by atoms with Crippen molar-refractivity contribution in [2.75, 3.05) is 5.73 Å². The Morgan fingerprint density at radius 3 is 2.95 bits per heavy atom. The number of aliphatic hydroxyl groups is 2. The lowest BCUT2D eigenvalue weighted by Crippen LogP contribution is -2.24. The van der Waals surface area contributed by atoms with Crippen molar-refractivity contribution in [1.82, 2.24) is 9.55 Å². The van der Waals surface area contributed by atoms with Crippen LogP contribution in [0.2, 0.25) is 0 Å². The molecule has 4 N–H and O–H groups in total. The number of nitrogens with two attached hydrogens (primary N) is 1. The monoisotopic (exact) mass is 289 g/mol. The van der Waals surface area contributed by atoms with Crippen LogP contribution in [0, 0.1) is 5.92 Å². The summed E-state index contributed by atoms with van der Waals surface area (Å²) < 4.78 is 2.09. The number of aromatic nitrogens is 2. The van der Waals surface area contributed by atoms with E-state index in [0.29, 0.717) is 17.4 Å². The van der Waals surface area contributed by atoms with Crippen LogP contribution in [-0.2, 0) is 6.54 Å². The number of fused-ring (bicyclic) bond motifs is 1. The fourth-order valence-electron chi connectivity index (χ4n) is 3.36. The van der Waals surface area contributed by atoms with Crippen molar-refractivity contribution in [2.45, 2.75) is 51.4 Å². The van der Waals surface area contributed by atoms with E-state index in [-0.39, 0.29) is 6.10 Å². The molecule has 0 radical (unpaired) electrons. The zero-order valence-electron chi connectivity index (χ0n) is 12.4. The maximum absolute atomic E-state index is 9.99. The Bertz CT molecular complexity index is 636. The molecule has 5 heteroatoms. The highest BCUT2D eigenvalue weighted by Crippen LogP contribution is 2.29. The van der Waals surface area contributed by atoms with E-state index in [0.717, 1.165) is 43.3 Å². The van der Waals surface area contributed by atoms with E-state index in [9.17, 15) is 10.2 Å². The Kier molecular flexibility index (Phi) is 3.87. The zero-order valence-corrected chi connectivity index (χ0v) is 12.4. The first-order valence-corrected chi connectivity index (χ1v) is 7.66. The van der Waals surface area contributed by atoms with Crippen molar-refractivity contribution in [2.24, 2.45) is 5.92 Å². The molecule has 0 bridgehead atoms. The van der Waals surface area contributed by atoms with Crippen molar-refractivity contribution in [1.29, 1.82) is 0 Å². The molecule has 3 atom stereocenters. The minimum absolute atomic E-state index is 0.191. The summed E-state index contributed by atoms with van der Waals surface area (Å²) >= 11 is 0. The molecule has 1 saturated carbocycles. The van der Waals surface area contributed by atoms with Gasteiger partial charge in [0.25, 0.3) is 0 Å². The zero-order chi connectivity index (χ0) is 15.0. The van der Waals surface area contributed by atoms with Gasteiger partial charge in [-0.15, -0.1) is 0 Å². The number of nitrogens with zero attached hydrogens (tertiary/aromatic N) is 2. The maximum atomic E-state index is 9.99. The van der Waals surface area contributed by atoms with E-state index in [2.05, 4.69) is 9.55 Å². The van der Waals surface area contributed by atoms with Gasteiger partial charge in [-0.3, -0.25) is 0 Å². The van der Waals surface area contributed by atoms with Gasteiger partial charge in [-0.1, -0.05) is 6.42 Å². The third-order valence-electron chi connectivity index (χ3n) is 4.37. The average Bonchev–Trinajstić information content (AvgIpc) is 2.77. The van der Waals surface area contributed by atoms with Crippen LogP contribution in [0.15, 0.2) is 18.2 Å². The predicted octanol–water partition coefficient (Wildman–Crippen LogP) is 2.22. The molecule has 21 heavy (non-hydrogen) atoms. The topological polar surface area (TPSA) is 84.3 Å². The highest BCUT2D eigenvalue weighted by molar-refractivity contribution is 5.79. The van der Waals surface area contributed by atoms with Crippen LogP contribution in [0.3, 0.4) is 0 Å². The van der Waals surface area contributed by atoms with E-state index in [1.165, 1.54) is 0 Å². The molecule has 0 saturated heterocycles. The molecule has 114 valence electrons. The molecule has 0 spiro atoms. The van der Waals surface area contributed by atoms with E-state index in [1.54, 1.807) is 6.92 Å². The molecular weight excluding hydrogens is 266 g/mol. The lowest BCUT2D eigenvalue weighted by molar-refractivity contribution is 0.0941. The van der Waals surface area contributed by atoms with Crippen molar-refractivity contribution >= 4 is 16.7 Å². The fraction of sp³-hybridized carbons (Fsp3) is 0.562. The largest absolute Gasteiger partial charge is 0.399 e. The van der Waals surface area contributed by atoms with E-state index < -0.39 is 6.10 Å². The van der Waals surface area contributed by atoms with Crippen LogP contribution in [0.4, 0.5) is 5.69 Å². The van der Waals surface area contributed by atoms with Crippen LogP contribution < -0.4 is 5.73 Å². The quantitative estimate of drug-likeness (QED) is 0.756. The number of anilines is 1. The molecule has 5 nitrogen and oxygen atoms in total. The smallest absolute Gasteiger partial charge is 0.138 e. The van der Waals surface area contributed by atoms with Gasteiger partial charge in [0.15, 0.2) is 0 Å². The first kappa shape index (κ1) is 14.4. The molecule has 0 amide bonds. The van der Waals surface area contributed by atoms with E-state index in [1.807, 2.05) is 18.2 Å². The lowest BCUT2D eigenvalue weighted by Gasteiger charge is -2.27. The van der Waals surface area contributed by atoms with Gasteiger partial charge in [0.2, 0.25) is 0 Å². The van der Waals surface area contributed by atoms with Gasteiger partial charge in [0.05, 0.1) is 17.1 Å². The predicted molar refractivity (Wildman–Crippen MR) is 82.7 cm³/mol. The number of aliphatic hydroxyl groups excluding tert-OH is 2. The second-order valence-electron chi connectivity index (χ2n) is 6.19. The molecule has 3 rings (SSSR count). The van der Waals surface area contributed by atoms with Gasteiger partial charge in [0.1, 0.15) is 11.9 Å². The molecule has 1 heterocycles. The van der Waals surface area contributed by atoms with Crippen molar-refractivity contribution < 1.29 is 10.2 Å². The lowest BCUT2D eigenvalue weighted by atomic mass is 9.87. The summed E-state index contributed by atoms with van der Waals surface area (Å²) in [6, 6.07) is 5.66. The normalized spacial score (nSPS) is 24.3. The first-order valence-electron chi connectivity index (χ1n) is 7.66. The number of hydrogen-bond acceptors (Lipinski definition) is 4. The molecule has 1 aromatic carbocycles. The number of rotatable bonds is 3. The van der Waals surface area contributed by atoms with Gasteiger partial charge < -0.3 is 20.5 Å². The maximum Gasteiger partial charge on any atom is 0.138 e. The third-order valence-corrected chi connectivity index (χ3v) is 4.37. The van der Waals surface area contributed by atoms with Crippen LogP contribution in [0.5, 0.6) is 0 Å². The summed E-state index contributed by atoms with van der Waals surface area (Å²) in [6.45, 7) is 2.52. The van der Waals surface area contributed by atoms with Crippen LogP contribution in [0.25, 0.3) is 11.0 Å². The molecular formula is C16H23N3O2. The van der Waals surface area contributed by atoms with Gasteiger partial charge in [-0.25, -0.2) is 4.98 Å². The number of imidazole rings is 1. The molecule has 1 fully saturated rings. The Balaban J connectivity index is 1.97. The third kappa shape index (κ3) is 2.89. The van der Waals surface area contributed by atoms with Crippen LogP contribution >= 0.6 is 0 Å². The van der Waals surface area contributed by atoms with Gasteiger partial charge in [0, 0.05) is 12.2 Å². The Labute approximate surface area is 124 Å². The number of hydrogen-bond donors (Lipinski definition) is 3. The van der Waals surface area contributed by atoms with Gasteiger partial charge in [-0.05, 0) is 50.3 Å². The molecule has 1 aromatic heterocycles. The summed E-state index contributed by atoms with van der Waals surface area (Å²) in [4.78, 5) is 4.53. The minimum Gasteiger partial charge on any atom is -0.399 e. The summed E-state index contributed by atoms with van der Waals surface area (Å²) in [6.07, 6.45) is 3.10. The number of nitrogen functional groups attached to an aromatic ring is 1.